The first kappa shape index (κ1) is 13.9. The normalized spacial score (nSPS) is 16.4. The number of carbonyl (C=O) groups excluding carboxylic acids is 1. The molecule has 0 aromatic heterocycles. The van der Waals surface area contributed by atoms with Crippen LogP contribution in [0.3, 0.4) is 0 Å². The van der Waals surface area contributed by atoms with Crippen LogP contribution in [-0.4, -0.2) is 30.5 Å². The molecule has 1 heterocycles. The van der Waals surface area contributed by atoms with Crippen molar-refractivity contribution in [3.63, 3.8) is 0 Å². The van der Waals surface area contributed by atoms with Gasteiger partial charge in [-0.05, 0) is 42.9 Å². The molecule has 1 amide bonds. The van der Waals surface area contributed by atoms with Crippen molar-refractivity contribution in [3.8, 4) is 5.75 Å². The highest BCUT2D eigenvalue weighted by atomic mass is 16.5. The SMILES string of the molecule is CCC(C)c1ccc(OCC(=O)N2CCCC2)cc1. The fraction of sp³-hybridized carbons (Fsp3) is 0.562. The molecular formula is C16H23NO2. The van der Waals surface area contributed by atoms with Crippen LogP contribution >= 0.6 is 0 Å². The summed E-state index contributed by atoms with van der Waals surface area (Å²) in [4.78, 5) is 13.7. The first-order valence-corrected chi connectivity index (χ1v) is 7.21. The van der Waals surface area contributed by atoms with Gasteiger partial charge in [-0.3, -0.25) is 4.79 Å². The molecular weight excluding hydrogens is 238 g/mol. The van der Waals surface area contributed by atoms with Crippen LogP contribution in [0.5, 0.6) is 5.75 Å². The van der Waals surface area contributed by atoms with Gasteiger partial charge in [-0.2, -0.15) is 0 Å². The molecule has 0 radical (unpaired) electrons. The lowest BCUT2D eigenvalue weighted by molar-refractivity contribution is -0.132. The summed E-state index contributed by atoms with van der Waals surface area (Å²) < 4.78 is 5.56. The molecule has 104 valence electrons. The predicted octanol–water partition coefficient (Wildman–Crippen LogP) is 3.20. The van der Waals surface area contributed by atoms with Crippen LogP contribution in [0.15, 0.2) is 24.3 Å². The zero-order chi connectivity index (χ0) is 13.7. The van der Waals surface area contributed by atoms with Gasteiger partial charge in [-0.25, -0.2) is 0 Å². The average Bonchev–Trinajstić information content (AvgIpc) is 2.98. The van der Waals surface area contributed by atoms with Crippen molar-refractivity contribution in [3.05, 3.63) is 29.8 Å². The van der Waals surface area contributed by atoms with E-state index in [1.54, 1.807) is 0 Å². The van der Waals surface area contributed by atoms with Crippen LogP contribution in [0.25, 0.3) is 0 Å². The number of hydrogen-bond donors (Lipinski definition) is 0. The zero-order valence-electron chi connectivity index (χ0n) is 11.9. The highest BCUT2D eigenvalue weighted by Gasteiger charge is 2.18. The number of rotatable bonds is 5. The molecule has 1 saturated heterocycles. The molecule has 1 aromatic rings. The van der Waals surface area contributed by atoms with Crippen molar-refractivity contribution >= 4 is 5.91 Å². The van der Waals surface area contributed by atoms with E-state index in [0.717, 1.165) is 38.1 Å². The maximum absolute atomic E-state index is 11.8. The molecule has 1 unspecified atom stereocenters. The lowest BCUT2D eigenvalue weighted by Gasteiger charge is -2.16. The van der Waals surface area contributed by atoms with Gasteiger partial charge >= 0.3 is 0 Å². The van der Waals surface area contributed by atoms with E-state index in [4.69, 9.17) is 4.74 Å². The van der Waals surface area contributed by atoms with E-state index in [1.807, 2.05) is 17.0 Å². The van der Waals surface area contributed by atoms with E-state index in [1.165, 1.54) is 5.56 Å². The minimum atomic E-state index is 0.100. The maximum Gasteiger partial charge on any atom is 0.260 e. The second kappa shape index (κ2) is 6.60. The Labute approximate surface area is 115 Å². The minimum Gasteiger partial charge on any atom is -0.484 e. The summed E-state index contributed by atoms with van der Waals surface area (Å²) in [5.41, 5.74) is 1.32. The molecule has 3 heteroatoms. The van der Waals surface area contributed by atoms with Gasteiger partial charge < -0.3 is 9.64 Å². The van der Waals surface area contributed by atoms with E-state index < -0.39 is 0 Å². The Morgan fingerprint density at radius 2 is 1.89 bits per heavy atom. The van der Waals surface area contributed by atoms with Gasteiger partial charge in [0.25, 0.3) is 5.91 Å². The van der Waals surface area contributed by atoms with Crippen LogP contribution in [-0.2, 0) is 4.79 Å². The largest absolute Gasteiger partial charge is 0.484 e. The van der Waals surface area contributed by atoms with Gasteiger partial charge in [-0.15, -0.1) is 0 Å². The van der Waals surface area contributed by atoms with E-state index in [2.05, 4.69) is 26.0 Å². The third-order valence-corrected chi connectivity index (χ3v) is 3.88. The monoisotopic (exact) mass is 261 g/mol. The van der Waals surface area contributed by atoms with E-state index in [0.29, 0.717) is 5.92 Å². The molecule has 2 rings (SSSR count). The second-order valence-corrected chi connectivity index (χ2v) is 5.25. The standard InChI is InChI=1S/C16H23NO2/c1-3-13(2)14-6-8-15(9-7-14)19-12-16(18)17-10-4-5-11-17/h6-9,13H,3-5,10-12H2,1-2H3. The first-order valence-electron chi connectivity index (χ1n) is 7.21. The average molecular weight is 261 g/mol. The summed E-state index contributed by atoms with van der Waals surface area (Å²) in [6.45, 7) is 6.32. The number of carbonyl (C=O) groups is 1. The third kappa shape index (κ3) is 3.72. The minimum absolute atomic E-state index is 0.100. The number of amides is 1. The highest BCUT2D eigenvalue weighted by Crippen LogP contribution is 2.21. The number of likely N-dealkylation sites (tertiary alicyclic amines) is 1. The summed E-state index contributed by atoms with van der Waals surface area (Å²) in [6.07, 6.45) is 3.37. The molecule has 1 aliphatic heterocycles. The van der Waals surface area contributed by atoms with E-state index in [-0.39, 0.29) is 12.5 Å². The summed E-state index contributed by atoms with van der Waals surface area (Å²) in [6, 6.07) is 8.09. The smallest absolute Gasteiger partial charge is 0.260 e. The fourth-order valence-electron chi connectivity index (χ4n) is 2.33. The molecule has 1 atom stereocenters. The number of ether oxygens (including phenoxy) is 1. The Balaban J connectivity index is 1.84. The Morgan fingerprint density at radius 3 is 2.47 bits per heavy atom. The van der Waals surface area contributed by atoms with Crippen LogP contribution in [0.4, 0.5) is 0 Å². The van der Waals surface area contributed by atoms with Crippen molar-refractivity contribution in [2.24, 2.45) is 0 Å². The third-order valence-electron chi connectivity index (χ3n) is 3.88. The van der Waals surface area contributed by atoms with Crippen molar-refractivity contribution in [1.29, 1.82) is 0 Å². The summed E-state index contributed by atoms with van der Waals surface area (Å²) >= 11 is 0. The number of hydrogen-bond acceptors (Lipinski definition) is 2. The topological polar surface area (TPSA) is 29.5 Å². The Bertz CT molecular complexity index is 407. The Hall–Kier alpha value is -1.51. The van der Waals surface area contributed by atoms with Crippen LogP contribution < -0.4 is 4.74 Å². The Kier molecular flexibility index (Phi) is 4.83. The molecule has 1 aliphatic rings. The zero-order valence-corrected chi connectivity index (χ0v) is 11.9. The van der Waals surface area contributed by atoms with Gasteiger partial charge in [0, 0.05) is 13.1 Å². The molecule has 1 aromatic carbocycles. The van der Waals surface area contributed by atoms with Crippen LogP contribution in [0.2, 0.25) is 0 Å². The molecule has 1 fully saturated rings. The molecule has 0 N–H and O–H groups in total. The lowest BCUT2D eigenvalue weighted by Crippen LogP contribution is -2.32. The van der Waals surface area contributed by atoms with Gasteiger partial charge in [0.05, 0.1) is 0 Å². The van der Waals surface area contributed by atoms with Crippen LogP contribution in [0.1, 0.15) is 44.6 Å². The Morgan fingerprint density at radius 1 is 1.26 bits per heavy atom. The van der Waals surface area contributed by atoms with Gasteiger partial charge in [0.15, 0.2) is 6.61 Å². The summed E-state index contributed by atoms with van der Waals surface area (Å²) in [7, 11) is 0. The van der Waals surface area contributed by atoms with E-state index in [9.17, 15) is 4.79 Å². The highest BCUT2D eigenvalue weighted by molar-refractivity contribution is 5.78. The van der Waals surface area contributed by atoms with Gasteiger partial charge in [0.2, 0.25) is 0 Å². The molecule has 19 heavy (non-hydrogen) atoms. The molecule has 0 saturated carbocycles. The number of nitrogens with zero attached hydrogens (tertiary/aromatic N) is 1. The second-order valence-electron chi connectivity index (χ2n) is 5.25. The summed E-state index contributed by atoms with van der Waals surface area (Å²) in [5, 5.41) is 0. The lowest BCUT2D eigenvalue weighted by atomic mass is 9.99. The predicted molar refractivity (Wildman–Crippen MR) is 76.5 cm³/mol. The summed E-state index contributed by atoms with van der Waals surface area (Å²) in [5.74, 6) is 1.45. The molecule has 0 bridgehead atoms. The maximum atomic E-state index is 11.8. The molecule has 0 spiro atoms. The van der Waals surface area contributed by atoms with Gasteiger partial charge in [-0.1, -0.05) is 26.0 Å². The van der Waals surface area contributed by atoms with E-state index >= 15 is 0 Å². The van der Waals surface area contributed by atoms with Crippen molar-refractivity contribution in [1.82, 2.24) is 4.90 Å². The fourth-order valence-corrected chi connectivity index (χ4v) is 2.33. The first-order chi connectivity index (χ1) is 9.20. The van der Waals surface area contributed by atoms with Gasteiger partial charge in [0.1, 0.15) is 5.75 Å². The molecule has 0 aliphatic carbocycles. The van der Waals surface area contributed by atoms with Crippen molar-refractivity contribution in [2.75, 3.05) is 19.7 Å². The van der Waals surface area contributed by atoms with Crippen molar-refractivity contribution < 1.29 is 9.53 Å². The number of benzene rings is 1. The van der Waals surface area contributed by atoms with Crippen molar-refractivity contribution in [2.45, 2.75) is 39.0 Å². The quantitative estimate of drug-likeness (QED) is 0.814. The van der Waals surface area contributed by atoms with Crippen LogP contribution in [0, 0.1) is 0 Å². The molecule has 3 nitrogen and oxygen atoms in total.